The van der Waals surface area contributed by atoms with Gasteiger partial charge in [-0.2, -0.15) is 0 Å². The Balaban J connectivity index is 1.92. The molecule has 2 aromatic carbocycles. The zero-order valence-electron chi connectivity index (χ0n) is 17.3. The number of aliphatic hydroxyl groups is 1. The number of furan rings is 1. The first-order valence-corrected chi connectivity index (χ1v) is 11.0. The number of anilines is 1. The zero-order chi connectivity index (χ0) is 23.0. The molecule has 1 unspecified atom stereocenters. The number of amides is 1. The Labute approximate surface area is 198 Å². The molecule has 0 radical (unpaired) electrons. The topological polar surface area (TPSA) is 80.0 Å². The molecule has 0 saturated carbocycles. The molecule has 0 bridgehead atoms. The number of halogens is 2. The van der Waals surface area contributed by atoms with Crippen molar-refractivity contribution in [3.8, 4) is 5.75 Å². The predicted molar refractivity (Wildman–Crippen MR) is 125 cm³/mol. The quantitative estimate of drug-likeness (QED) is 0.254. The van der Waals surface area contributed by atoms with Crippen LogP contribution in [0.2, 0.25) is 5.02 Å². The summed E-state index contributed by atoms with van der Waals surface area (Å²) >= 11 is 9.57. The molecule has 1 aliphatic rings. The molecule has 1 aromatic heterocycles. The standard InChI is InChI=1S/C24H19BrClNO5/c1-3-31-19-11-14(8-9-17(19)26)22(28)20-21(18-10-7-13(2)32-18)27(24(30)23(20)29)16-6-4-5-15(25)12-16/h4-12,21,28H,3H2,1-2H3/b22-20-. The van der Waals surface area contributed by atoms with Crippen molar-refractivity contribution < 1.29 is 23.8 Å². The van der Waals surface area contributed by atoms with Crippen LogP contribution in [0.3, 0.4) is 0 Å². The molecule has 164 valence electrons. The van der Waals surface area contributed by atoms with Crippen molar-refractivity contribution in [1.82, 2.24) is 0 Å². The minimum atomic E-state index is -0.941. The lowest BCUT2D eigenvalue weighted by molar-refractivity contribution is -0.132. The number of carbonyl (C=O) groups excluding carboxylic acids is 2. The number of aliphatic hydroxyl groups excluding tert-OH is 1. The third kappa shape index (κ3) is 3.94. The monoisotopic (exact) mass is 515 g/mol. The zero-order valence-corrected chi connectivity index (χ0v) is 19.6. The fourth-order valence-corrected chi connectivity index (χ4v) is 4.23. The molecule has 1 atom stereocenters. The molecule has 6 nitrogen and oxygen atoms in total. The molecular weight excluding hydrogens is 498 g/mol. The Hall–Kier alpha value is -3.03. The van der Waals surface area contributed by atoms with Crippen LogP contribution in [0.4, 0.5) is 5.69 Å². The smallest absolute Gasteiger partial charge is 0.300 e. The van der Waals surface area contributed by atoms with Crippen LogP contribution in [0.1, 0.15) is 30.0 Å². The van der Waals surface area contributed by atoms with E-state index in [2.05, 4.69) is 15.9 Å². The van der Waals surface area contributed by atoms with Crippen LogP contribution < -0.4 is 9.64 Å². The lowest BCUT2D eigenvalue weighted by Gasteiger charge is -2.23. The third-order valence-corrected chi connectivity index (χ3v) is 5.87. The van der Waals surface area contributed by atoms with Crippen molar-refractivity contribution in [3.05, 3.63) is 86.7 Å². The number of benzene rings is 2. The third-order valence-electron chi connectivity index (χ3n) is 5.07. The van der Waals surface area contributed by atoms with Crippen molar-refractivity contribution >= 4 is 50.7 Å². The van der Waals surface area contributed by atoms with Gasteiger partial charge in [0.25, 0.3) is 11.7 Å². The second-order valence-electron chi connectivity index (χ2n) is 7.18. The summed E-state index contributed by atoms with van der Waals surface area (Å²) in [6.45, 7) is 3.96. The molecular formula is C24H19BrClNO5. The van der Waals surface area contributed by atoms with Crippen molar-refractivity contribution in [2.45, 2.75) is 19.9 Å². The number of hydrogen-bond donors (Lipinski definition) is 1. The molecule has 1 amide bonds. The van der Waals surface area contributed by atoms with Gasteiger partial charge >= 0.3 is 0 Å². The largest absolute Gasteiger partial charge is 0.507 e. The molecule has 3 aromatic rings. The first kappa shape index (κ1) is 22.2. The van der Waals surface area contributed by atoms with Crippen molar-refractivity contribution in [2.24, 2.45) is 0 Å². The van der Waals surface area contributed by atoms with Gasteiger partial charge in [0.1, 0.15) is 29.1 Å². The first-order valence-electron chi connectivity index (χ1n) is 9.87. The van der Waals surface area contributed by atoms with Gasteiger partial charge in [0, 0.05) is 15.7 Å². The summed E-state index contributed by atoms with van der Waals surface area (Å²) in [5.41, 5.74) is 0.721. The van der Waals surface area contributed by atoms with Gasteiger partial charge in [-0.3, -0.25) is 14.5 Å². The van der Waals surface area contributed by atoms with E-state index in [9.17, 15) is 14.7 Å². The Morgan fingerprint density at radius 2 is 1.97 bits per heavy atom. The number of ether oxygens (including phenoxy) is 1. The molecule has 0 aliphatic carbocycles. The van der Waals surface area contributed by atoms with Crippen LogP contribution in [0.15, 0.2) is 69.1 Å². The van der Waals surface area contributed by atoms with Gasteiger partial charge in [-0.15, -0.1) is 0 Å². The summed E-state index contributed by atoms with van der Waals surface area (Å²) < 4.78 is 12.0. The average Bonchev–Trinajstić information content (AvgIpc) is 3.30. The van der Waals surface area contributed by atoms with Gasteiger partial charge in [0.15, 0.2) is 0 Å². The Morgan fingerprint density at radius 1 is 1.19 bits per heavy atom. The minimum absolute atomic E-state index is 0.0749. The van der Waals surface area contributed by atoms with E-state index < -0.39 is 17.7 Å². The lowest BCUT2D eigenvalue weighted by Crippen LogP contribution is -2.29. The lowest BCUT2D eigenvalue weighted by atomic mass is 9.99. The maximum atomic E-state index is 13.1. The molecule has 1 aliphatic heterocycles. The second kappa shape index (κ2) is 8.84. The van der Waals surface area contributed by atoms with Crippen molar-refractivity contribution in [1.29, 1.82) is 0 Å². The van der Waals surface area contributed by atoms with E-state index in [0.29, 0.717) is 40.2 Å². The number of hydrogen-bond acceptors (Lipinski definition) is 5. The molecule has 1 N–H and O–H groups in total. The molecule has 8 heteroatoms. The van der Waals surface area contributed by atoms with Gasteiger partial charge in [0.05, 0.1) is 17.2 Å². The summed E-state index contributed by atoms with van der Waals surface area (Å²) in [4.78, 5) is 27.6. The molecule has 2 heterocycles. The highest BCUT2D eigenvalue weighted by molar-refractivity contribution is 9.10. The van der Waals surface area contributed by atoms with E-state index in [-0.39, 0.29) is 11.3 Å². The molecule has 1 saturated heterocycles. The first-order chi connectivity index (χ1) is 15.3. The number of carbonyl (C=O) groups is 2. The van der Waals surface area contributed by atoms with E-state index in [1.165, 1.54) is 11.0 Å². The van der Waals surface area contributed by atoms with Gasteiger partial charge in [-0.25, -0.2) is 0 Å². The van der Waals surface area contributed by atoms with Crippen molar-refractivity contribution in [2.75, 3.05) is 11.5 Å². The van der Waals surface area contributed by atoms with E-state index >= 15 is 0 Å². The minimum Gasteiger partial charge on any atom is -0.507 e. The number of Topliss-reactive ketones (excluding diaryl/α,β-unsaturated/α-hetero) is 1. The summed E-state index contributed by atoms with van der Waals surface area (Å²) in [5.74, 6) is -0.563. The van der Waals surface area contributed by atoms with Gasteiger partial charge < -0.3 is 14.3 Å². The number of ketones is 1. The normalized spacial score (nSPS) is 17.8. The Kier molecular flexibility index (Phi) is 6.13. The number of rotatable bonds is 5. The summed E-state index contributed by atoms with van der Waals surface area (Å²) in [6.07, 6.45) is 0. The fourth-order valence-electron chi connectivity index (χ4n) is 3.67. The highest BCUT2D eigenvalue weighted by Crippen LogP contribution is 2.43. The highest BCUT2D eigenvalue weighted by atomic mass is 79.9. The maximum Gasteiger partial charge on any atom is 0.300 e. The summed E-state index contributed by atoms with van der Waals surface area (Å²) in [7, 11) is 0. The summed E-state index contributed by atoms with van der Waals surface area (Å²) in [6, 6.07) is 14.2. The van der Waals surface area contributed by atoms with Crippen LogP contribution in [-0.4, -0.2) is 23.4 Å². The molecule has 1 fully saturated rings. The van der Waals surface area contributed by atoms with Gasteiger partial charge in [0.2, 0.25) is 0 Å². The van der Waals surface area contributed by atoms with E-state index in [1.807, 2.05) is 13.0 Å². The van der Waals surface area contributed by atoms with Crippen molar-refractivity contribution in [3.63, 3.8) is 0 Å². The van der Waals surface area contributed by atoms with E-state index in [4.69, 9.17) is 20.8 Å². The average molecular weight is 517 g/mol. The number of aryl methyl sites for hydroxylation is 1. The maximum absolute atomic E-state index is 13.1. The Morgan fingerprint density at radius 3 is 2.62 bits per heavy atom. The second-order valence-corrected chi connectivity index (χ2v) is 8.50. The molecule has 32 heavy (non-hydrogen) atoms. The SMILES string of the molecule is CCOc1cc(/C(O)=C2/C(=O)C(=O)N(c3cccc(Br)c3)C2c2ccc(C)o2)ccc1Cl. The van der Waals surface area contributed by atoms with Gasteiger partial charge in [-0.1, -0.05) is 33.6 Å². The van der Waals surface area contributed by atoms with Crippen LogP contribution in [0, 0.1) is 6.92 Å². The van der Waals surface area contributed by atoms with Gasteiger partial charge in [-0.05, 0) is 62.4 Å². The highest BCUT2D eigenvalue weighted by Gasteiger charge is 2.48. The van der Waals surface area contributed by atoms with E-state index in [1.54, 1.807) is 49.4 Å². The van der Waals surface area contributed by atoms with Crippen LogP contribution >= 0.6 is 27.5 Å². The van der Waals surface area contributed by atoms with Crippen LogP contribution in [0.5, 0.6) is 5.75 Å². The van der Waals surface area contributed by atoms with Crippen LogP contribution in [-0.2, 0) is 9.59 Å². The predicted octanol–water partition coefficient (Wildman–Crippen LogP) is 6.03. The number of nitrogens with zero attached hydrogens (tertiary/aromatic N) is 1. The molecule has 0 spiro atoms. The molecule has 4 rings (SSSR count). The fraction of sp³-hybridized carbons (Fsp3) is 0.167. The van der Waals surface area contributed by atoms with Crippen LogP contribution in [0.25, 0.3) is 5.76 Å². The van der Waals surface area contributed by atoms with E-state index in [0.717, 1.165) is 4.47 Å². The summed E-state index contributed by atoms with van der Waals surface area (Å²) in [5, 5.41) is 11.6. The Bertz CT molecular complexity index is 1250.